The minimum Gasteiger partial charge on any atom is -0.494 e. The lowest BCUT2D eigenvalue weighted by molar-refractivity contribution is 0.0972. The van der Waals surface area contributed by atoms with Crippen LogP contribution in [-0.4, -0.2) is 12.4 Å². The van der Waals surface area contributed by atoms with Gasteiger partial charge >= 0.3 is 0 Å². The first-order chi connectivity index (χ1) is 13.3. The fourth-order valence-electron chi connectivity index (χ4n) is 3.49. The molecule has 1 aliphatic rings. The third-order valence-electron chi connectivity index (χ3n) is 4.95. The molecule has 4 rings (SSSR count). The smallest absolute Gasteiger partial charge is 0.167 e. The van der Waals surface area contributed by atoms with Crippen molar-refractivity contribution in [3.8, 4) is 5.75 Å². The Morgan fingerprint density at radius 1 is 0.889 bits per heavy atom. The highest BCUT2D eigenvalue weighted by atomic mass is 16.5. The number of anilines is 1. The Bertz CT molecular complexity index is 903. The topological polar surface area (TPSA) is 38.3 Å². The lowest BCUT2D eigenvalue weighted by atomic mass is 9.92. The monoisotopic (exact) mass is 357 g/mol. The first-order valence-corrected chi connectivity index (χ1v) is 9.45. The van der Waals surface area contributed by atoms with E-state index in [1.807, 2.05) is 54.6 Å². The number of fused-ring (bicyclic) bond motifs is 1. The summed E-state index contributed by atoms with van der Waals surface area (Å²) in [5.74, 6) is 1.06. The van der Waals surface area contributed by atoms with Gasteiger partial charge < -0.3 is 10.1 Å². The number of aryl methyl sites for hydroxylation is 1. The Morgan fingerprint density at radius 3 is 2.44 bits per heavy atom. The molecule has 3 aromatic carbocycles. The molecule has 0 spiro atoms. The number of ether oxygens (including phenoxy) is 1. The number of para-hydroxylation sites is 1. The van der Waals surface area contributed by atoms with E-state index in [0.29, 0.717) is 13.0 Å². The second-order valence-corrected chi connectivity index (χ2v) is 6.88. The van der Waals surface area contributed by atoms with E-state index in [1.54, 1.807) is 0 Å². The molecule has 3 heteroatoms. The molecule has 0 aromatic heterocycles. The molecule has 0 saturated heterocycles. The average molecular weight is 357 g/mol. The third kappa shape index (κ3) is 4.20. The summed E-state index contributed by atoms with van der Waals surface area (Å²) >= 11 is 0. The summed E-state index contributed by atoms with van der Waals surface area (Å²) in [7, 11) is 0. The number of benzene rings is 3. The first kappa shape index (κ1) is 17.3. The highest BCUT2D eigenvalue weighted by Crippen LogP contribution is 2.32. The van der Waals surface area contributed by atoms with Gasteiger partial charge in [-0.3, -0.25) is 4.79 Å². The maximum absolute atomic E-state index is 12.4. The van der Waals surface area contributed by atoms with E-state index in [0.717, 1.165) is 35.4 Å². The van der Waals surface area contributed by atoms with Gasteiger partial charge in [-0.25, -0.2) is 0 Å². The van der Waals surface area contributed by atoms with Crippen molar-refractivity contribution in [2.24, 2.45) is 0 Å². The molecule has 1 atom stereocenters. The maximum atomic E-state index is 12.4. The van der Waals surface area contributed by atoms with Crippen LogP contribution >= 0.6 is 0 Å². The van der Waals surface area contributed by atoms with Crippen LogP contribution in [0.1, 0.15) is 40.4 Å². The molecule has 136 valence electrons. The fourth-order valence-corrected chi connectivity index (χ4v) is 3.49. The fraction of sp³-hybridized carbons (Fsp3) is 0.208. The summed E-state index contributed by atoms with van der Waals surface area (Å²) in [6.07, 6.45) is 2.49. The summed E-state index contributed by atoms with van der Waals surface area (Å²) in [6, 6.07) is 26.2. The predicted molar refractivity (Wildman–Crippen MR) is 108 cm³/mol. The SMILES string of the molecule is O=C1CC(c2ccc(OCCCc3ccccc3)cc2)Nc2ccccc21. The van der Waals surface area contributed by atoms with Crippen LogP contribution in [0, 0.1) is 0 Å². The molecule has 1 aliphatic heterocycles. The summed E-state index contributed by atoms with van der Waals surface area (Å²) < 4.78 is 5.86. The van der Waals surface area contributed by atoms with Gasteiger partial charge in [-0.1, -0.05) is 54.6 Å². The number of hydrogen-bond acceptors (Lipinski definition) is 3. The Kier molecular flexibility index (Phi) is 5.20. The van der Waals surface area contributed by atoms with Crippen LogP contribution in [0.5, 0.6) is 5.75 Å². The van der Waals surface area contributed by atoms with Crippen LogP contribution < -0.4 is 10.1 Å². The molecule has 27 heavy (non-hydrogen) atoms. The van der Waals surface area contributed by atoms with Gasteiger partial charge in [0.25, 0.3) is 0 Å². The van der Waals surface area contributed by atoms with E-state index in [-0.39, 0.29) is 11.8 Å². The number of rotatable bonds is 6. The maximum Gasteiger partial charge on any atom is 0.167 e. The number of hydrogen-bond donors (Lipinski definition) is 1. The second-order valence-electron chi connectivity index (χ2n) is 6.88. The number of carbonyl (C=O) groups is 1. The van der Waals surface area contributed by atoms with Crippen molar-refractivity contribution in [1.29, 1.82) is 0 Å². The summed E-state index contributed by atoms with van der Waals surface area (Å²) in [5.41, 5.74) is 4.14. The van der Waals surface area contributed by atoms with E-state index in [1.165, 1.54) is 5.56 Å². The van der Waals surface area contributed by atoms with Crippen molar-refractivity contribution < 1.29 is 9.53 Å². The third-order valence-corrected chi connectivity index (χ3v) is 4.95. The van der Waals surface area contributed by atoms with Crippen LogP contribution in [0.15, 0.2) is 78.9 Å². The molecule has 1 unspecified atom stereocenters. The largest absolute Gasteiger partial charge is 0.494 e. The quantitative estimate of drug-likeness (QED) is 0.597. The minimum absolute atomic E-state index is 0.0135. The molecular weight excluding hydrogens is 334 g/mol. The Balaban J connectivity index is 1.32. The molecular formula is C24H23NO2. The van der Waals surface area contributed by atoms with Crippen LogP contribution in [0.25, 0.3) is 0 Å². The van der Waals surface area contributed by atoms with Crippen LogP contribution in [-0.2, 0) is 6.42 Å². The van der Waals surface area contributed by atoms with Crippen LogP contribution in [0.2, 0.25) is 0 Å². The van der Waals surface area contributed by atoms with Crippen LogP contribution in [0.3, 0.4) is 0 Å². The zero-order chi connectivity index (χ0) is 18.5. The Morgan fingerprint density at radius 2 is 1.63 bits per heavy atom. The zero-order valence-corrected chi connectivity index (χ0v) is 15.2. The molecule has 0 aliphatic carbocycles. The number of nitrogens with one attached hydrogen (secondary N) is 1. The van der Waals surface area contributed by atoms with Crippen molar-refractivity contribution >= 4 is 11.5 Å². The molecule has 1 heterocycles. The van der Waals surface area contributed by atoms with Crippen molar-refractivity contribution in [1.82, 2.24) is 0 Å². The molecule has 0 saturated carbocycles. The normalized spacial score (nSPS) is 15.7. The van der Waals surface area contributed by atoms with Gasteiger partial charge in [0.05, 0.1) is 12.6 Å². The highest BCUT2D eigenvalue weighted by molar-refractivity contribution is 6.03. The average Bonchev–Trinajstić information content (AvgIpc) is 2.72. The molecule has 3 nitrogen and oxygen atoms in total. The molecule has 0 radical (unpaired) electrons. The lowest BCUT2D eigenvalue weighted by Gasteiger charge is -2.26. The van der Waals surface area contributed by atoms with Gasteiger partial charge in [0, 0.05) is 17.7 Å². The molecule has 0 amide bonds. The van der Waals surface area contributed by atoms with Gasteiger partial charge in [0.2, 0.25) is 0 Å². The highest BCUT2D eigenvalue weighted by Gasteiger charge is 2.24. The minimum atomic E-state index is 0.0135. The van der Waals surface area contributed by atoms with E-state index < -0.39 is 0 Å². The number of Topliss-reactive ketones (excluding diaryl/α,β-unsaturated/α-hetero) is 1. The van der Waals surface area contributed by atoms with Gasteiger partial charge in [-0.15, -0.1) is 0 Å². The van der Waals surface area contributed by atoms with E-state index in [9.17, 15) is 4.79 Å². The van der Waals surface area contributed by atoms with Crippen molar-refractivity contribution in [2.75, 3.05) is 11.9 Å². The summed E-state index contributed by atoms with van der Waals surface area (Å²) in [5, 5.41) is 3.47. The van der Waals surface area contributed by atoms with Gasteiger partial charge in [0.1, 0.15) is 5.75 Å². The molecule has 3 aromatic rings. The summed E-state index contributed by atoms with van der Waals surface area (Å²) in [4.78, 5) is 12.4. The van der Waals surface area contributed by atoms with Gasteiger partial charge in [-0.2, -0.15) is 0 Å². The summed E-state index contributed by atoms with van der Waals surface area (Å²) in [6.45, 7) is 0.696. The number of ketones is 1. The predicted octanol–water partition coefficient (Wildman–Crippen LogP) is 5.44. The Hall–Kier alpha value is -3.07. The van der Waals surface area contributed by atoms with Crippen molar-refractivity contribution in [2.45, 2.75) is 25.3 Å². The standard InChI is InChI=1S/C24H23NO2/c26-24-17-23(25-22-11-5-4-10-21(22)24)19-12-14-20(15-13-19)27-16-6-9-18-7-2-1-3-8-18/h1-5,7-8,10-15,23,25H,6,9,16-17H2. The van der Waals surface area contributed by atoms with Gasteiger partial charge in [0.15, 0.2) is 5.78 Å². The lowest BCUT2D eigenvalue weighted by Crippen LogP contribution is -2.22. The zero-order valence-electron chi connectivity index (χ0n) is 15.2. The van der Waals surface area contributed by atoms with Crippen LogP contribution in [0.4, 0.5) is 5.69 Å². The van der Waals surface area contributed by atoms with E-state index in [2.05, 4.69) is 29.6 Å². The molecule has 0 bridgehead atoms. The van der Waals surface area contributed by atoms with Crippen molar-refractivity contribution in [3.63, 3.8) is 0 Å². The van der Waals surface area contributed by atoms with E-state index >= 15 is 0 Å². The van der Waals surface area contributed by atoms with E-state index in [4.69, 9.17) is 4.74 Å². The molecule has 1 N–H and O–H groups in total. The molecule has 0 fully saturated rings. The van der Waals surface area contributed by atoms with Gasteiger partial charge in [-0.05, 0) is 48.2 Å². The second kappa shape index (κ2) is 8.09. The Labute approximate surface area is 160 Å². The first-order valence-electron chi connectivity index (χ1n) is 9.45. The number of carbonyl (C=O) groups excluding carboxylic acids is 1. The van der Waals surface area contributed by atoms with Crippen molar-refractivity contribution in [3.05, 3.63) is 95.6 Å².